The molecule has 27 heavy (non-hydrogen) atoms. The highest BCUT2D eigenvalue weighted by Gasteiger charge is 2.30. The molecule has 3 heterocycles. The van der Waals surface area contributed by atoms with Gasteiger partial charge in [0.25, 0.3) is 5.19 Å². The summed E-state index contributed by atoms with van der Waals surface area (Å²) in [6.45, 7) is 4.65. The summed E-state index contributed by atoms with van der Waals surface area (Å²) in [5.41, 5.74) is 2.35. The first-order valence-electron chi connectivity index (χ1n) is 9.91. The average Bonchev–Trinajstić information content (AvgIpc) is 3.12. The minimum atomic E-state index is 0.704. The van der Waals surface area contributed by atoms with Gasteiger partial charge in [0.05, 0.1) is 10.2 Å². The number of piperidine rings is 2. The zero-order valence-electron chi connectivity index (χ0n) is 15.4. The molecule has 5 heteroatoms. The molecule has 2 atom stereocenters. The SMILES string of the molecule is c1ccc2sc(Oc3ccc(CN4CCC5NCCCC5C4)cc3)nc2c1. The number of nitrogens with zero attached hydrogens (tertiary/aromatic N) is 2. The molecule has 0 spiro atoms. The zero-order chi connectivity index (χ0) is 18.1. The fourth-order valence-corrected chi connectivity index (χ4v) is 5.22. The number of fused-ring (bicyclic) bond motifs is 2. The van der Waals surface area contributed by atoms with E-state index in [4.69, 9.17) is 4.74 Å². The number of nitrogens with one attached hydrogen (secondary N) is 1. The molecule has 1 N–H and O–H groups in total. The van der Waals surface area contributed by atoms with Crippen LogP contribution >= 0.6 is 11.3 Å². The second kappa shape index (κ2) is 7.58. The minimum Gasteiger partial charge on any atom is -0.431 e. The molecule has 2 aromatic carbocycles. The number of thiazole rings is 1. The molecule has 0 saturated carbocycles. The maximum absolute atomic E-state index is 5.96. The fourth-order valence-electron chi connectivity index (χ4n) is 4.38. The molecule has 0 bridgehead atoms. The molecule has 5 rings (SSSR count). The van der Waals surface area contributed by atoms with Crippen LogP contribution in [0.2, 0.25) is 0 Å². The van der Waals surface area contributed by atoms with Crippen LogP contribution in [0.1, 0.15) is 24.8 Å². The third kappa shape index (κ3) is 3.86. The van der Waals surface area contributed by atoms with E-state index in [1.807, 2.05) is 18.2 Å². The largest absolute Gasteiger partial charge is 0.431 e. The van der Waals surface area contributed by atoms with Crippen LogP contribution < -0.4 is 10.1 Å². The first kappa shape index (κ1) is 17.2. The van der Waals surface area contributed by atoms with Crippen LogP contribution in [0.25, 0.3) is 10.2 Å². The predicted molar refractivity (Wildman–Crippen MR) is 111 cm³/mol. The molecule has 2 saturated heterocycles. The van der Waals surface area contributed by atoms with E-state index in [2.05, 4.69) is 45.5 Å². The summed E-state index contributed by atoms with van der Waals surface area (Å²) < 4.78 is 7.12. The number of ether oxygens (including phenoxy) is 1. The lowest BCUT2D eigenvalue weighted by Gasteiger charge is -2.41. The quantitative estimate of drug-likeness (QED) is 0.715. The maximum atomic E-state index is 5.96. The molecular formula is C22H25N3OS. The first-order valence-corrected chi connectivity index (χ1v) is 10.7. The highest BCUT2D eigenvalue weighted by Crippen LogP contribution is 2.31. The Morgan fingerprint density at radius 1 is 1.11 bits per heavy atom. The molecule has 2 fully saturated rings. The Kier molecular flexibility index (Phi) is 4.82. The summed E-state index contributed by atoms with van der Waals surface area (Å²) in [7, 11) is 0. The van der Waals surface area contributed by atoms with Crippen molar-refractivity contribution in [3.8, 4) is 10.9 Å². The van der Waals surface area contributed by atoms with Gasteiger partial charge in [-0.2, -0.15) is 0 Å². The monoisotopic (exact) mass is 379 g/mol. The number of aromatic nitrogens is 1. The summed E-state index contributed by atoms with van der Waals surface area (Å²) in [6.07, 6.45) is 3.99. The molecule has 3 aromatic rings. The van der Waals surface area contributed by atoms with Gasteiger partial charge < -0.3 is 10.1 Å². The van der Waals surface area contributed by atoms with E-state index in [0.29, 0.717) is 5.19 Å². The zero-order valence-corrected chi connectivity index (χ0v) is 16.3. The van der Waals surface area contributed by atoms with Gasteiger partial charge in [0.15, 0.2) is 0 Å². The lowest BCUT2D eigenvalue weighted by atomic mass is 9.85. The highest BCUT2D eigenvalue weighted by molar-refractivity contribution is 7.20. The second-order valence-corrected chi connectivity index (χ2v) is 8.67. The summed E-state index contributed by atoms with van der Waals surface area (Å²) >= 11 is 1.59. The number of hydrogen-bond donors (Lipinski definition) is 1. The summed E-state index contributed by atoms with van der Waals surface area (Å²) in [5, 5.41) is 4.40. The van der Waals surface area contributed by atoms with E-state index in [1.165, 1.54) is 44.5 Å². The lowest BCUT2D eigenvalue weighted by Crippen LogP contribution is -2.51. The molecule has 1 aromatic heterocycles. The van der Waals surface area contributed by atoms with Crippen LogP contribution in [0.3, 0.4) is 0 Å². The second-order valence-electron chi connectivity index (χ2n) is 7.68. The van der Waals surface area contributed by atoms with Crippen molar-refractivity contribution >= 4 is 21.6 Å². The normalized spacial score (nSPS) is 23.3. The van der Waals surface area contributed by atoms with Crippen molar-refractivity contribution in [1.29, 1.82) is 0 Å². The van der Waals surface area contributed by atoms with Gasteiger partial charge in [-0.05, 0) is 68.1 Å². The Balaban J connectivity index is 1.21. The Hall–Kier alpha value is -1.95. The van der Waals surface area contributed by atoms with Gasteiger partial charge in [0, 0.05) is 19.1 Å². The smallest absolute Gasteiger partial charge is 0.279 e. The van der Waals surface area contributed by atoms with E-state index in [9.17, 15) is 0 Å². The van der Waals surface area contributed by atoms with Gasteiger partial charge in [0.2, 0.25) is 0 Å². The van der Waals surface area contributed by atoms with Crippen LogP contribution in [-0.4, -0.2) is 35.6 Å². The van der Waals surface area contributed by atoms with Crippen molar-refractivity contribution in [2.24, 2.45) is 5.92 Å². The average molecular weight is 380 g/mol. The molecule has 0 aliphatic carbocycles. The van der Waals surface area contributed by atoms with Gasteiger partial charge in [-0.3, -0.25) is 4.90 Å². The number of para-hydroxylation sites is 1. The summed E-state index contributed by atoms with van der Waals surface area (Å²) in [6, 6.07) is 17.4. The molecule has 4 nitrogen and oxygen atoms in total. The van der Waals surface area contributed by atoms with Gasteiger partial charge in [-0.15, -0.1) is 0 Å². The number of rotatable bonds is 4. The molecule has 0 amide bonds. The van der Waals surface area contributed by atoms with Crippen molar-refractivity contribution in [3.05, 3.63) is 54.1 Å². The topological polar surface area (TPSA) is 37.4 Å². The van der Waals surface area contributed by atoms with Gasteiger partial charge >= 0.3 is 0 Å². The summed E-state index contributed by atoms with van der Waals surface area (Å²) in [5.74, 6) is 1.68. The van der Waals surface area contributed by atoms with Crippen LogP contribution in [-0.2, 0) is 6.54 Å². The van der Waals surface area contributed by atoms with Gasteiger partial charge in [-0.25, -0.2) is 4.98 Å². The maximum Gasteiger partial charge on any atom is 0.279 e. The Labute approximate surface area is 164 Å². The van der Waals surface area contributed by atoms with E-state index in [-0.39, 0.29) is 0 Å². The number of benzene rings is 2. The highest BCUT2D eigenvalue weighted by atomic mass is 32.1. The van der Waals surface area contributed by atoms with Crippen LogP contribution in [0, 0.1) is 5.92 Å². The van der Waals surface area contributed by atoms with Crippen molar-refractivity contribution in [2.45, 2.75) is 31.8 Å². The standard InChI is InChI=1S/C22H25N3OS/c1-2-6-21-20(5-1)24-22(27-21)26-18-9-7-16(8-10-18)14-25-13-11-19-17(15-25)4-3-12-23-19/h1-2,5-10,17,19,23H,3-4,11-15H2. The minimum absolute atomic E-state index is 0.704. The molecule has 140 valence electrons. The number of likely N-dealkylation sites (tertiary alicyclic amines) is 1. The van der Waals surface area contributed by atoms with Gasteiger partial charge in [0.1, 0.15) is 5.75 Å². The Bertz CT molecular complexity index is 874. The van der Waals surface area contributed by atoms with E-state index in [1.54, 1.807) is 11.3 Å². The Morgan fingerprint density at radius 3 is 2.89 bits per heavy atom. The van der Waals surface area contributed by atoms with Crippen LogP contribution in [0.15, 0.2) is 48.5 Å². The Morgan fingerprint density at radius 2 is 2.00 bits per heavy atom. The summed E-state index contributed by atoms with van der Waals surface area (Å²) in [4.78, 5) is 7.15. The molecule has 0 radical (unpaired) electrons. The number of hydrogen-bond acceptors (Lipinski definition) is 5. The van der Waals surface area contributed by atoms with E-state index < -0.39 is 0 Å². The van der Waals surface area contributed by atoms with E-state index in [0.717, 1.165) is 34.5 Å². The van der Waals surface area contributed by atoms with Crippen molar-refractivity contribution < 1.29 is 4.74 Å². The predicted octanol–water partition coefficient (Wildman–Crippen LogP) is 4.66. The van der Waals surface area contributed by atoms with Crippen molar-refractivity contribution in [2.75, 3.05) is 19.6 Å². The first-order chi connectivity index (χ1) is 13.3. The molecule has 2 unspecified atom stereocenters. The third-order valence-electron chi connectivity index (χ3n) is 5.79. The van der Waals surface area contributed by atoms with Crippen LogP contribution in [0.4, 0.5) is 0 Å². The molecule has 2 aliphatic rings. The lowest BCUT2D eigenvalue weighted by molar-refractivity contribution is 0.109. The fraction of sp³-hybridized carbons (Fsp3) is 0.409. The van der Waals surface area contributed by atoms with Crippen molar-refractivity contribution in [1.82, 2.24) is 15.2 Å². The van der Waals surface area contributed by atoms with E-state index >= 15 is 0 Å². The molecule has 2 aliphatic heterocycles. The van der Waals surface area contributed by atoms with Gasteiger partial charge in [-0.1, -0.05) is 35.6 Å². The third-order valence-corrected chi connectivity index (χ3v) is 6.70. The molecular weight excluding hydrogens is 354 g/mol. The van der Waals surface area contributed by atoms with Crippen molar-refractivity contribution in [3.63, 3.8) is 0 Å². The van der Waals surface area contributed by atoms with Crippen LogP contribution in [0.5, 0.6) is 10.9 Å².